The smallest absolute Gasteiger partial charge is 0.283 e. The molecule has 0 fully saturated rings. The number of hydrazone groups is 1. The zero-order valence-electron chi connectivity index (χ0n) is 14.6. The SMILES string of the molecule is CCOc1cc(C=C2C(=O)N(c3nc(C)cc(=O)[nH]3)N=C2C)ccc1O. The number of aromatic nitrogens is 2. The zero-order chi connectivity index (χ0) is 18.8. The summed E-state index contributed by atoms with van der Waals surface area (Å²) in [6.45, 7) is 5.59. The lowest BCUT2D eigenvalue weighted by atomic mass is 10.1. The van der Waals surface area contributed by atoms with Crippen LogP contribution < -0.4 is 15.3 Å². The molecule has 8 nitrogen and oxygen atoms in total. The van der Waals surface area contributed by atoms with Crippen molar-refractivity contribution in [1.82, 2.24) is 9.97 Å². The summed E-state index contributed by atoms with van der Waals surface area (Å²) in [5.41, 5.74) is 1.66. The molecule has 1 aromatic carbocycles. The summed E-state index contributed by atoms with van der Waals surface area (Å²) in [7, 11) is 0. The van der Waals surface area contributed by atoms with Gasteiger partial charge < -0.3 is 9.84 Å². The minimum absolute atomic E-state index is 0.0281. The zero-order valence-corrected chi connectivity index (χ0v) is 14.6. The van der Waals surface area contributed by atoms with Gasteiger partial charge in [0.2, 0.25) is 5.95 Å². The van der Waals surface area contributed by atoms with Crippen molar-refractivity contribution >= 4 is 23.6 Å². The Kier molecular flexibility index (Phi) is 4.57. The number of carbonyl (C=O) groups is 1. The molecule has 2 heterocycles. The summed E-state index contributed by atoms with van der Waals surface area (Å²) in [5, 5.41) is 15.1. The lowest BCUT2D eigenvalue weighted by Crippen LogP contribution is -2.26. The van der Waals surface area contributed by atoms with E-state index < -0.39 is 5.91 Å². The Labute approximate surface area is 149 Å². The van der Waals surface area contributed by atoms with Crippen molar-refractivity contribution in [2.75, 3.05) is 11.6 Å². The number of hydrogen-bond acceptors (Lipinski definition) is 6. The van der Waals surface area contributed by atoms with Crippen LogP contribution in [0.3, 0.4) is 0 Å². The van der Waals surface area contributed by atoms with Crippen molar-refractivity contribution in [3.8, 4) is 11.5 Å². The van der Waals surface area contributed by atoms with Crippen molar-refractivity contribution in [3.05, 3.63) is 51.4 Å². The van der Waals surface area contributed by atoms with Crippen LogP contribution in [0.5, 0.6) is 11.5 Å². The molecule has 1 amide bonds. The lowest BCUT2D eigenvalue weighted by molar-refractivity contribution is -0.114. The number of aryl methyl sites for hydroxylation is 1. The molecule has 0 aliphatic carbocycles. The molecule has 0 bridgehead atoms. The van der Waals surface area contributed by atoms with Gasteiger partial charge >= 0.3 is 0 Å². The third-order valence-corrected chi connectivity index (χ3v) is 3.72. The molecule has 2 N–H and O–H groups in total. The number of phenolic OH excluding ortho intramolecular Hbond substituents is 1. The number of aromatic hydroxyl groups is 1. The fraction of sp³-hybridized carbons (Fsp3) is 0.222. The van der Waals surface area contributed by atoms with E-state index >= 15 is 0 Å². The van der Waals surface area contributed by atoms with Gasteiger partial charge in [-0.15, -0.1) is 0 Å². The standard InChI is InChI=1S/C18H18N4O4/c1-4-26-15-9-12(5-6-14(15)23)8-13-11(3)21-22(17(13)25)18-19-10(2)7-16(24)20-18/h5-9,23H,4H2,1-3H3,(H,19,20,24). The number of anilines is 1. The number of rotatable bonds is 4. The second kappa shape index (κ2) is 6.83. The summed E-state index contributed by atoms with van der Waals surface area (Å²) in [4.78, 5) is 31.0. The number of nitrogens with zero attached hydrogens (tertiary/aromatic N) is 3. The lowest BCUT2D eigenvalue weighted by Gasteiger charge is -2.10. The molecule has 0 saturated carbocycles. The molecule has 1 aliphatic heterocycles. The molecule has 3 rings (SSSR count). The predicted molar refractivity (Wildman–Crippen MR) is 97.4 cm³/mol. The van der Waals surface area contributed by atoms with E-state index in [9.17, 15) is 14.7 Å². The van der Waals surface area contributed by atoms with E-state index in [0.717, 1.165) is 5.01 Å². The van der Waals surface area contributed by atoms with Crippen molar-refractivity contribution in [2.24, 2.45) is 5.10 Å². The van der Waals surface area contributed by atoms with E-state index in [2.05, 4.69) is 15.1 Å². The molecule has 0 atom stereocenters. The molecule has 0 saturated heterocycles. The number of carbonyl (C=O) groups excluding carboxylic acids is 1. The van der Waals surface area contributed by atoms with Crippen LogP contribution >= 0.6 is 0 Å². The fourth-order valence-corrected chi connectivity index (χ4v) is 2.55. The largest absolute Gasteiger partial charge is 0.504 e. The van der Waals surface area contributed by atoms with Crippen molar-refractivity contribution in [3.63, 3.8) is 0 Å². The molecule has 0 radical (unpaired) electrons. The summed E-state index contributed by atoms with van der Waals surface area (Å²) in [6.07, 6.45) is 1.65. The third kappa shape index (κ3) is 3.34. The number of hydrogen-bond donors (Lipinski definition) is 2. The normalized spacial score (nSPS) is 15.5. The van der Waals surface area contributed by atoms with E-state index in [1.807, 2.05) is 6.92 Å². The number of aromatic amines is 1. The molecule has 8 heteroatoms. The van der Waals surface area contributed by atoms with E-state index in [-0.39, 0.29) is 17.3 Å². The van der Waals surface area contributed by atoms with Crippen LogP contribution in [-0.4, -0.2) is 33.3 Å². The highest BCUT2D eigenvalue weighted by Gasteiger charge is 2.30. The molecule has 26 heavy (non-hydrogen) atoms. The van der Waals surface area contributed by atoms with Crippen LogP contribution in [0.2, 0.25) is 0 Å². The Balaban J connectivity index is 1.96. The first kappa shape index (κ1) is 17.4. The molecule has 0 unspecified atom stereocenters. The van der Waals surface area contributed by atoms with Crippen molar-refractivity contribution in [1.29, 1.82) is 0 Å². The van der Waals surface area contributed by atoms with Crippen LogP contribution in [0.4, 0.5) is 5.95 Å². The number of amides is 1. The van der Waals surface area contributed by atoms with E-state index in [1.165, 1.54) is 12.1 Å². The number of nitrogens with one attached hydrogen (secondary N) is 1. The van der Waals surface area contributed by atoms with Crippen LogP contribution in [-0.2, 0) is 4.79 Å². The van der Waals surface area contributed by atoms with E-state index in [1.54, 1.807) is 32.1 Å². The predicted octanol–water partition coefficient (Wildman–Crippen LogP) is 1.99. The highest BCUT2D eigenvalue weighted by molar-refractivity contribution is 6.31. The monoisotopic (exact) mass is 354 g/mol. The van der Waals surface area contributed by atoms with E-state index in [4.69, 9.17) is 4.74 Å². The second-order valence-electron chi connectivity index (χ2n) is 5.73. The van der Waals surface area contributed by atoms with Crippen molar-refractivity contribution < 1.29 is 14.6 Å². The van der Waals surface area contributed by atoms with Gasteiger partial charge in [-0.05, 0) is 44.5 Å². The van der Waals surface area contributed by atoms with Gasteiger partial charge in [0.15, 0.2) is 11.5 Å². The van der Waals surface area contributed by atoms with Crippen LogP contribution in [0.1, 0.15) is 25.1 Å². The topological polar surface area (TPSA) is 108 Å². The molecule has 1 aromatic heterocycles. The average Bonchev–Trinajstić information content (AvgIpc) is 2.85. The Morgan fingerprint density at radius 3 is 2.73 bits per heavy atom. The van der Waals surface area contributed by atoms with Crippen LogP contribution in [0, 0.1) is 6.92 Å². The van der Waals surface area contributed by atoms with E-state index in [0.29, 0.717) is 34.9 Å². The minimum Gasteiger partial charge on any atom is -0.504 e. The van der Waals surface area contributed by atoms with Gasteiger partial charge in [-0.2, -0.15) is 10.1 Å². The summed E-state index contributed by atoms with van der Waals surface area (Å²) in [5.74, 6) is 0.0365. The van der Waals surface area contributed by atoms with Gasteiger partial charge in [0, 0.05) is 11.8 Å². The first-order chi connectivity index (χ1) is 12.4. The number of H-pyrrole nitrogens is 1. The third-order valence-electron chi connectivity index (χ3n) is 3.72. The van der Waals surface area contributed by atoms with Gasteiger partial charge in [-0.3, -0.25) is 14.6 Å². The molecule has 2 aromatic rings. The minimum atomic E-state index is -0.401. The molecule has 1 aliphatic rings. The maximum atomic E-state index is 12.7. The summed E-state index contributed by atoms with van der Waals surface area (Å²) in [6, 6.07) is 6.15. The van der Waals surface area contributed by atoms with Crippen LogP contribution in [0.25, 0.3) is 6.08 Å². The molecule has 134 valence electrons. The fourth-order valence-electron chi connectivity index (χ4n) is 2.55. The maximum Gasteiger partial charge on any atom is 0.283 e. The highest BCUT2D eigenvalue weighted by atomic mass is 16.5. The Bertz CT molecular complexity index is 991. The highest BCUT2D eigenvalue weighted by Crippen LogP contribution is 2.29. The Hall–Kier alpha value is -3.42. The van der Waals surface area contributed by atoms with Crippen LogP contribution in [0.15, 0.2) is 39.7 Å². The quantitative estimate of drug-likeness (QED) is 0.817. The molecule has 0 spiro atoms. The Morgan fingerprint density at radius 1 is 1.27 bits per heavy atom. The number of phenols is 1. The number of benzene rings is 1. The van der Waals surface area contributed by atoms with Gasteiger partial charge in [-0.25, -0.2) is 4.98 Å². The average molecular weight is 354 g/mol. The summed E-state index contributed by atoms with van der Waals surface area (Å²) < 4.78 is 5.36. The molecular weight excluding hydrogens is 336 g/mol. The maximum absolute atomic E-state index is 12.7. The first-order valence-corrected chi connectivity index (χ1v) is 8.04. The van der Waals surface area contributed by atoms with Gasteiger partial charge in [0.25, 0.3) is 11.5 Å². The van der Waals surface area contributed by atoms with Gasteiger partial charge in [0.05, 0.1) is 17.9 Å². The molecular formula is C18H18N4O4. The van der Waals surface area contributed by atoms with Gasteiger partial charge in [-0.1, -0.05) is 6.07 Å². The van der Waals surface area contributed by atoms with Gasteiger partial charge in [0.1, 0.15) is 0 Å². The first-order valence-electron chi connectivity index (χ1n) is 8.04. The van der Waals surface area contributed by atoms with Crippen molar-refractivity contribution in [2.45, 2.75) is 20.8 Å². The summed E-state index contributed by atoms with van der Waals surface area (Å²) >= 11 is 0. The number of ether oxygens (including phenoxy) is 1. The second-order valence-corrected chi connectivity index (χ2v) is 5.73. The Morgan fingerprint density at radius 2 is 2.04 bits per heavy atom.